The molecule has 0 aromatic heterocycles. The number of aliphatic hydroxyl groups excluding tert-OH is 1. The molecule has 0 spiro atoms. The molecule has 2 amide bonds. The molecule has 110 valence electrons. The molecule has 1 N–H and O–H groups in total. The maximum absolute atomic E-state index is 12.2. The Morgan fingerprint density at radius 1 is 1.24 bits per heavy atom. The highest BCUT2D eigenvalue weighted by Crippen LogP contribution is 2.24. The van der Waals surface area contributed by atoms with Crippen LogP contribution >= 0.6 is 0 Å². The predicted octanol–water partition coefficient (Wildman–Crippen LogP) is 0.604. The number of amides is 2. The van der Waals surface area contributed by atoms with Crippen LogP contribution in [-0.2, 0) is 4.84 Å². The number of benzene rings is 1. The highest BCUT2D eigenvalue weighted by atomic mass is 16.7. The number of fused-ring (bicyclic) bond motifs is 1. The smallest absolute Gasteiger partial charge is 0.264 e. The quantitative estimate of drug-likeness (QED) is 0.498. The van der Waals surface area contributed by atoms with Crippen LogP contribution in [0.15, 0.2) is 34.8 Å². The summed E-state index contributed by atoms with van der Waals surface area (Å²) in [6.07, 6.45) is -1.25. The molecular formula is C13H14N4O4. The Morgan fingerprint density at radius 3 is 2.33 bits per heavy atom. The minimum atomic E-state index is -0.854. The van der Waals surface area contributed by atoms with Crippen LogP contribution in [0.25, 0.3) is 0 Å². The predicted molar refractivity (Wildman–Crippen MR) is 69.9 cm³/mol. The zero-order valence-electron chi connectivity index (χ0n) is 11.3. The minimum Gasteiger partial charge on any atom is -0.389 e. The Morgan fingerprint density at radius 2 is 1.81 bits per heavy atom. The van der Waals surface area contributed by atoms with Crippen molar-refractivity contribution in [3.05, 3.63) is 35.4 Å². The number of nitrogens with zero attached hydrogens (tertiary/aromatic N) is 4. The molecule has 2 aliphatic rings. The highest BCUT2D eigenvalue weighted by molar-refractivity contribution is 6.21. The first-order valence-electron chi connectivity index (χ1n) is 6.54. The second-order valence-corrected chi connectivity index (χ2v) is 4.93. The van der Waals surface area contributed by atoms with Gasteiger partial charge < -0.3 is 9.94 Å². The number of hydrogen-bond donors (Lipinski definition) is 1. The lowest BCUT2D eigenvalue weighted by atomic mass is 10.1. The standard InChI is InChI=1S/C13H14N4O4/c1-8(21-15-14-16-6-9(18)7-16)17-12(19)10-4-2-3-5-11(10)13(17)20/h2-5,8-9,18H,6-7H2,1H3/b15-14+. The number of carbonyl (C=O) groups is 2. The fourth-order valence-corrected chi connectivity index (χ4v) is 2.23. The summed E-state index contributed by atoms with van der Waals surface area (Å²) >= 11 is 0. The Balaban J connectivity index is 1.65. The average Bonchev–Trinajstić information content (AvgIpc) is 2.69. The van der Waals surface area contributed by atoms with Crippen LogP contribution in [0.1, 0.15) is 27.6 Å². The first-order valence-corrected chi connectivity index (χ1v) is 6.54. The molecule has 0 aliphatic carbocycles. The lowest BCUT2D eigenvalue weighted by molar-refractivity contribution is -0.0553. The van der Waals surface area contributed by atoms with Crippen molar-refractivity contribution >= 4 is 11.8 Å². The van der Waals surface area contributed by atoms with Crippen LogP contribution < -0.4 is 0 Å². The van der Waals surface area contributed by atoms with Crippen molar-refractivity contribution in [3.8, 4) is 0 Å². The first kappa shape index (κ1) is 13.5. The van der Waals surface area contributed by atoms with E-state index in [9.17, 15) is 9.59 Å². The van der Waals surface area contributed by atoms with Crippen molar-refractivity contribution in [2.75, 3.05) is 13.1 Å². The van der Waals surface area contributed by atoms with Gasteiger partial charge in [0.1, 0.15) is 0 Å². The molecule has 1 fully saturated rings. The molecule has 1 atom stereocenters. The SMILES string of the molecule is CC(O/N=N/N1CC(O)C1)N1C(=O)c2ccccc2C1=O. The number of imide groups is 1. The normalized spacial score (nSPS) is 19.9. The molecule has 3 rings (SSSR count). The number of β-amino-alcohol motifs (C(OH)–C–C–N with tert-alkyl or cyclic N) is 1. The summed E-state index contributed by atoms with van der Waals surface area (Å²) in [5, 5.41) is 17.8. The van der Waals surface area contributed by atoms with Crippen LogP contribution in [0.2, 0.25) is 0 Å². The third kappa shape index (κ3) is 2.33. The van der Waals surface area contributed by atoms with E-state index in [1.165, 1.54) is 5.01 Å². The maximum atomic E-state index is 12.2. The number of hydrogen-bond acceptors (Lipinski definition) is 6. The van der Waals surface area contributed by atoms with Gasteiger partial charge in [0, 0.05) is 5.28 Å². The Hall–Kier alpha value is -2.48. The van der Waals surface area contributed by atoms with Crippen molar-refractivity contribution in [3.63, 3.8) is 0 Å². The van der Waals surface area contributed by atoms with E-state index < -0.39 is 24.1 Å². The topological polar surface area (TPSA) is 94.8 Å². The van der Waals surface area contributed by atoms with E-state index in [0.29, 0.717) is 24.2 Å². The number of carbonyl (C=O) groups excluding carboxylic acids is 2. The summed E-state index contributed by atoms with van der Waals surface area (Å²) in [5.41, 5.74) is 0.724. The number of rotatable bonds is 4. The van der Waals surface area contributed by atoms with Crippen LogP contribution in [0.5, 0.6) is 0 Å². The van der Waals surface area contributed by atoms with Gasteiger partial charge in [0.05, 0.1) is 30.3 Å². The van der Waals surface area contributed by atoms with Gasteiger partial charge in [-0.15, -0.1) is 0 Å². The molecule has 1 aromatic rings. The van der Waals surface area contributed by atoms with Gasteiger partial charge in [-0.2, -0.15) is 0 Å². The molecule has 0 saturated carbocycles. The summed E-state index contributed by atoms with van der Waals surface area (Å²) in [7, 11) is 0. The third-order valence-electron chi connectivity index (χ3n) is 3.39. The average molecular weight is 290 g/mol. The monoisotopic (exact) mass is 290 g/mol. The molecule has 1 saturated heterocycles. The highest BCUT2D eigenvalue weighted by Gasteiger charge is 2.39. The molecule has 0 bridgehead atoms. The molecule has 8 heteroatoms. The molecule has 21 heavy (non-hydrogen) atoms. The van der Waals surface area contributed by atoms with Crippen molar-refractivity contribution in [1.29, 1.82) is 0 Å². The lowest BCUT2D eigenvalue weighted by Crippen LogP contribution is -2.47. The van der Waals surface area contributed by atoms with Gasteiger partial charge >= 0.3 is 0 Å². The molecule has 2 heterocycles. The van der Waals surface area contributed by atoms with Crippen molar-refractivity contribution in [2.24, 2.45) is 10.5 Å². The van der Waals surface area contributed by atoms with Gasteiger partial charge in [0.15, 0.2) is 0 Å². The van der Waals surface area contributed by atoms with E-state index in [2.05, 4.69) is 10.5 Å². The van der Waals surface area contributed by atoms with E-state index in [0.717, 1.165) is 4.90 Å². The summed E-state index contributed by atoms with van der Waals surface area (Å²) < 4.78 is 0. The van der Waals surface area contributed by atoms with Gasteiger partial charge in [0.2, 0.25) is 6.23 Å². The Kier molecular flexibility index (Phi) is 3.30. The van der Waals surface area contributed by atoms with Gasteiger partial charge in [-0.1, -0.05) is 12.1 Å². The van der Waals surface area contributed by atoms with Gasteiger partial charge in [-0.25, -0.2) is 4.90 Å². The second-order valence-electron chi connectivity index (χ2n) is 4.93. The van der Waals surface area contributed by atoms with Gasteiger partial charge in [-0.05, 0) is 24.3 Å². The van der Waals surface area contributed by atoms with Crippen LogP contribution in [0, 0.1) is 0 Å². The number of aliphatic hydroxyl groups is 1. The Labute approximate surface area is 120 Å². The van der Waals surface area contributed by atoms with Crippen molar-refractivity contribution in [1.82, 2.24) is 9.91 Å². The summed E-state index contributed by atoms with van der Waals surface area (Å²) in [5.74, 6) is -0.810. The zero-order valence-corrected chi connectivity index (χ0v) is 11.3. The molecule has 1 unspecified atom stereocenters. The van der Waals surface area contributed by atoms with Gasteiger partial charge in [0.25, 0.3) is 11.8 Å². The van der Waals surface area contributed by atoms with E-state index in [1.54, 1.807) is 31.2 Å². The Bertz CT molecular complexity index is 577. The van der Waals surface area contributed by atoms with E-state index >= 15 is 0 Å². The third-order valence-corrected chi connectivity index (χ3v) is 3.39. The van der Waals surface area contributed by atoms with Crippen LogP contribution in [-0.4, -0.2) is 52.3 Å². The van der Waals surface area contributed by atoms with E-state index in [4.69, 9.17) is 9.94 Å². The summed E-state index contributed by atoms with van der Waals surface area (Å²) in [4.78, 5) is 30.4. The minimum absolute atomic E-state index is 0.362. The van der Waals surface area contributed by atoms with Crippen molar-refractivity contribution < 1.29 is 19.5 Å². The fourth-order valence-electron chi connectivity index (χ4n) is 2.23. The first-order chi connectivity index (χ1) is 10.1. The summed E-state index contributed by atoms with van der Waals surface area (Å²) in [6.45, 7) is 2.34. The maximum Gasteiger partial charge on any atom is 0.264 e. The molecule has 2 aliphatic heterocycles. The largest absolute Gasteiger partial charge is 0.389 e. The fraction of sp³-hybridized carbons (Fsp3) is 0.385. The van der Waals surface area contributed by atoms with Crippen LogP contribution in [0.3, 0.4) is 0 Å². The van der Waals surface area contributed by atoms with Crippen molar-refractivity contribution in [2.45, 2.75) is 19.3 Å². The van der Waals surface area contributed by atoms with E-state index in [1.807, 2.05) is 0 Å². The molecule has 1 aromatic carbocycles. The lowest BCUT2D eigenvalue weighted by Gasteiger charge is -2.31. The van der Waals surface area contributed by atoms with Crippen LogP contribution in [0.4, 0.5) is 0 Å². The molecule has 0 radical (unpaired) electrons. The second kappa shape index (κ2) is 5.13. The van der Waals surface area contributed by atoms with Gasteiger partial charge in [-0.3, -0.25) is 14.6 Å². The molecule has 8 nitrogen and oxygen atoms in total. The molecular weight excluding hydrogens is 276 g/mol. The zero-order chi connectivity index (χ0) is 15.0. The summed E-state index contributed by atoms with van der Waals surface area (Å²) in [6, 6.07) is 6.61. The van der Waals surface area contributed by atoms with E-state index in [-0.39, 0.29) is 0 Å².